The predicted octanol–water partition coefficient (Wildman–Crippen LogP) is 4.30. The number of hydrogen-bond donors (Lipinski definition) is 3. The predicted molar refractivity (Wildman–Crippen MR) is 128 cm³/mol. The van der Waals surface area contributed by atoms with E-state index >= 15 is 0 Å². The Hall–Kier alpha value is -3.35. The Morgan fingerprint density at radius 1 is 1.00 bits per heavy atom. The van der Waals surface area contributed by atoms with E-state index in [1.165, 1.54) is 0 Å². The number of ether oxygens (including phenoxy) is 1. The van der Waals surface area contributed by atoms with Crippen LogP contribution < -0.4 is 20.9 Å². The third-order valence-corrected chi connectivity index (χ3v) is 5.81. The number of rotatable bonds is 9. The number of carbonyl (C=O) groups excluding carboxylic acids is 3. The fraction of sp³-hybridized carbons (Fsp3) is 0.423. The van der Waals surface area contributed by atoms with Crippen molar-refractivity contribution in [3.63, 3.8) is 0 Å². The van der Waals surface area contributed by atoms with Crippen LogP contribution in [0, 0.1) is 25.2 Å². The highest BCUT2D eigenvalue weighted by atomic mass is 16.5. The van der Waals surface area contributed by atoms with E-state index in [0.717, 1.165) is 29.7 Å². The van der Waals surface area contributed by atoms with E-state index < -0.39 is 11.3 Å². The highest BCUT2D eigenvalue weighted by Crippen LogP contribution is 2.30. The van der Waals surface area contributed by atoms with Gasteiger partial charge in [0.15, 0.2) is 0 Å². The third-order valence-electron chi connectivity index (χ3n) is 5.81. The first-order chi connectivity index (χ1) is 15.7. The van der Waals surface area contributed by atoms with Crippen LogP contribution in [0.2, 0.25) is 0 Å². The first-order valence-electron chi connectivity index (χ1n) is 11.4. The lowest BCUT2D eigenvalue weighted by Crippen LogP contribution is -2.47. The molecule has 1 aliphatic carbocycles. The minimum Gasteiger partial charge on any atom is -0.493 e. The molecule has 0 radical (unpaired) electrons. The van der Waals surface area contributed by atoms with E-state index in [1.54, 1.807) is 24.3 Å². The van der Waals surface area contributed by atoms with Crippen molar-refractivity contribution in [3.8, 4) is 5.75 Å². The van der Waals surface area contributed by atoms with E-state index in [0.29, 0.717) is 30.7 Å². The second kappa shape index (κ2) is 10.5. The number of hydrogen-bond acceptors (Lipinski definition) is 4. The summed E-state index contributed by atoms with van der Waals surface area (Å²) >= 11 is 0. The molecule has 3 amide bonds. The maximum Gasteiger partial charge on any atom is 0.269 e. The molecule has 0 bridgehead atoms. The van der Waals surface area contributed by atoms with Gasteiger partial charge in [-0.2, -0.15) is 0 Å². The minimum atomic E-state index is -0.671. The molecule has 3 rings (SSSR count). The molecule has 1 aliphatic rings. The van der Waals surface area contributed by atoms with Crippen molar-refractivity contribution >= 4 is 23.4 Å². The number of nitrogens with one attached hydrogen (secondary N) is 3. The molecule has 0 aliphatic heterocycles. The van der Waals surface area contributed by atoms with Crippen LogP contribution >= 0.6 is 0 Å². The Labute approximate surface area is 195 Å². The van der Waals surface area contributed by atoms with Crippen molar-refractivity contribution < 1.29 is 19.1 Å². The first-order valence-corrected chi connectivity index (χ1v) is 11.4. The van der Waals surface area contributed by atoms with Gasteiger partial charge in [0.25, 0.3) is 5.91 Å². The number of aryl methyl sites for hydroxylation is 2. The molecule has 0 unspecified atom stereocenters. The molecule has 33 heavy (non-hydrogen) atoms. The maximum absolute atomic E-state index is 12.6. The van der Waals surface area contributed by atoms with Gasteiger partial charge in [0.05, 0.1) is 6.61 Å². The molecule has 3 N–H and O–H groups in total. The number of amides is 3. The second-order valence-electron chi connectivity index (χ2n) is 9.35. The highest BCUT2D eigenvalue weighted by Gasteiger charge is 2.30. The molecule has 7 heteroatoms. The van der Waals surface area contributed by atoms with Gasteiger partial charge >= 0.3 is 0 Å². The fourth-order valence-corrected chi connectivity index (χ4v) is 3.32. The Morgan fingerprint density at radius 2 is 1.70 bits per heavy atom. The summed E-state index contributed by atoms with van der Waals surface area (Å²) in [7, 11) is 0. The summed E-state index contributed by atoms with van der Waals surface area (Å²) in [6.07, 6.45) is 3.17. The number of carbonyl (C=O) groups is 3. The highest BCUT2D eigenvalue weighted by molar-refractivity contribution is 5.97. The van der Waals surface area contributed by atoms with Crippen LogP contribution in [0.15, 0.2) is 42.5 Å². The van der Waals surface area contributed by atoms with Gasteiger partial charge in [0.1, 0.15) is 5.75 Å². The summed E-state index contributed by atoms with van der Waals surface area (Å²) in [6.45, 7) is 8.21. The summed E-state index contributed by atoms with van der Waals surface area (Å²) < 4.78 is 5.87. The maximum atomic E-state index is 12.6. The average molecular weight is 452 g/mol. The molecule has 1 fully saturated rings. The summed E-state index contributed by atoms with van der Waals surface area (Å²) in [5.41, 5.74) is 7.57. The normalized spacial score (nSPS) is 13.2. The Balaban J connectivity index is 1.41. The topological polar surface area (TPSA) is 96.5 Å². The van der Waals surface area contributed by atoms with Gasteiger partial charge in [0.2, 0.25) is 11.8 Å². The lowest BCUT2D eigenvalue weighted by Gasteiger charge is -2.23. The number of anilines is 1. The zero-order chi connectivity index (χ0) is 24.0. The molecule has 0 atom stereocenters. The van der Waals surface area contributed by atoms with Crippen molar-refractivity contribution in [1.29, 1.82) is 0 Å². The van der Waals surface area contributed by atoms with E-state index in [9.17, 15) is 14.4 Å². The SMILES string of the molecule is Cc1ccc(C)c(OCCCC(C)(C)C(=O)NNC(=O)c2ccc(NC(=O)C3CC3)cc2)c1. The minimum absolute atomic E-state index is 0.0149. The van der Waals surface area contributed by atoms with E-state index in [-0.39, 0.29) is 17.7 Å². The molecule has 1 saturated carbocycles. The van der Waals surface area contributed by atoms with Gasteiger partial charge < -0.3 is 10.1 Å². The van der Waals surface area contributed by atoms with Gasteiger partial charge in [-0.3, -0.25) is 25.2 Å². The molecule has 0 aromatic heterocycles. The molecular weight excluding hydrogens is 418 g/mol. The smallest absolute Gasteiger partial charge is 0.269 e. The standard InChI is InChI=1S/C26H33N3O4/c1-17-6-7-18(2)22(16-17)33-15-5-14-26(3,4)25(32)29-28-24(31)20-10-12-21(13-11-20)27-23(30)19-8-9-19/h6-7,10-13,16,19H,5,8-9,14-15H2,1-4H3,(H,27,30)(H,28,31)(H,29,32). The molecule has 0 spiro atoms. The average Bonchev–Trinajstić information content (AvgIpc) is 3.63. The summed E-state index contributed by atoms with van der Waals surface area (Å²) in [5, 5.41) is 2.83. The van der Waals surface area contributed by atoms with Gasteiger partial charge in [-0.1, -0.05) is 26.0 Å². The monoisotopic (exact) mass is 451 g/mol. The van der Waals surface area contributed by atoms with Crippen LogP contribution in [-0.4, -0.2) is 24.3 Å². The molecule has 2 aromatic rings. The fourth-order valence-electron chi connectivity index (χ4n) is 3.32. The third kappa shape index (κ3) is 7.07. The van der Waals surface area contributed by atoms with Gasteiger partial charge in [0, 0.05) is 22.6 Å². The Morgan fingerprint density at radius 3 is 2.36 bits per heavy atom. The van der Waals surface area contributed by atoms with E-state index in [4.69, 9.17) is 4.74 Å². The molecule has 0 saturated heterocycles. The van der Waals surface area contributed by atoms with Crippen LogP contribution in [0.4, 0.5) is 5.69 Å². The van der Waals surface area contributed by atoms with Crippen molar-refractivity contribution in [3.05, 3.63) is 59.2 Å². The van der Waals surface area contributed by atoms with Gasteiger partial charge in [-0.05, 0) is 81.0 Å². The second-order valence-corrected chi connectivity index (χ2v) is 9.35. The zero-order valence-corrected chi connectivity index (χ0v) is 19.8. The van der Waals surface area contributed by atoms with Crippen molar-refractivity contribution in [2.45, 2.75) is 53.4 Å². The Bertz CT molecular complexity index is 1010. The lowest BCUT2D eigenvalue weighted by atomic mass is 9.87. The molecule has 176 valence electrons. The van der Waals surface area contributed by atoms with Crippen molar-refractivity contribution in [2.24, 2.45) is 11.3 Å². The van der Waals surface area contributed by atoms with Gasteiger partial charge in [-0.25, -0.2) is 0 Å². The zero-order valence-electron chi connectivity index (χ0n) is 19.8. The number of benzene rings is 2. The molecule has 0 heterocycles. The van der Waals surface area contributed by atoms with Crippen LogP contribution in [0.1, 0.15) is 61.0 Å². The molecule has 2 aromatic carbocycles. The van der Waals surface area contributed by atoms with Crippen LogP contribution in [-0.2, 0) is 9.59 Å². The summed E-state index contributed by atoms with van der Waals surface area (Å²) in [5.74, 6) is 0.307. The van der Waals surface area contributed by atoms with Gasteiger partial charge in [-0.15, -0.1) is 0 Å². The van der Waals surface area contributed by atoms with Crippen LogP contribution in [0.25, 0.3) is 0 Å². The number of hydrazine groups is 1. The molecular formula is C26H33N3O4. The van der Waals surface area contributed by atoms with E-state index in [1.807, 2.05) is 45.9 Å². The largest absolute Gasteiger partial charge is 0.493 e. The van der Waals surface area contributed by atoms with Crippen LogP contribution in [0.3, 0.4) is 0 Å². The molecule has 7 nitrogen and oxygen atoms in total. The van der Waals surface area contributed by atoms with E-state index in [2.05, 4.69) is 16.2 Å². The quantitative estimate of drug-likeness (QED) is 0.391. The first kappa shape index (κ1) is 24.3. The summed E-state index contributed by atoms with van der Waals surface area (Å²) in [6, 6.07) is 12.7. The Kier molecular flexibility index (Phi) is 7.74. The van der Waals surface area contributed by atoms with Crippen molar-refractivity contribution in [1.82, 2.24) is 10.9 Å². The lowest BCUT2D eigenvalue weighted by molar-refractivity contribution is -0.130. The van der Waals surface area contributed by atoms with Crippen molar-refractivity contribution in [2.75, 3.05) is 11.9 Å². The van der Waals surface area contributed by atoms with Crippen LogP contribution in [0.5, 0.6) is 5.75 Å². The summed E-state index contributed by atoms with van der Waals surface area (Å²) in [4.78, 5) is 36.8.